The van der Waals surface area contributed by atoms with Crippen LogP contribution in [0.25, 0.3) is 0 Å². The SMILES string of the molecule is CC(C)(C#N)N1CCN(C(=O)Cc2cccc(O)c2)CC1. The van der Waals surface area contributed by atoms with Gasteiger partial charge in [0.25, 0.3) is 0 Å². The first-order valence-corrected chi connectivity index (χ1v) is 7.14. The number of benzene rings is 1. The highest BCUT2D eigenvalue weighted by molar-refractivity contribution is 5.79. The Kier molecular flexibility index (Phi) is 4.49. The number of amides is 1. The van der Waals surface area contributed by atoms with E-state index in [1.165, 1.54) is 0 Å². The maximum atomic E-state index is 12.3. The lowest BCUT2D eigenvalue weighted by atomic mass is 10.0. The Balaban J connectivity index is 1.91. The van der Waals surface area contributed by atoms with Crippen LogP contribution in [0.5, 0.6) is 5.75 Å². The number of nitriles is 1. The molecule has 0 spiro atoms. The highest BCUT2D eigenvalue weighted by Gasteiger charge is 2.30. The molecule has 2 rings (SSSR count). The Labute approximate surface area is 125 Å². The summed E-state index contributed by atoms with van der Waals surface area (Å²) in [4.78, 5) is 16.2. The molecule has 1 amide bonds. The molecule has 112 valence electrons. The van der Waals surface area contributed by atoms with Crippen molar-refractivity contribution >= 4 is 5.91 Å². The van der Waals surface area contributed by atoms with Crippen LogP contribution in [-0.2, 0) is 11.2 Å². The quantitative estimate of drug-likeness (QED) is 0.912. The summed E-state index contributed by atoms with van der Waals surface area (Å²) in [5, 5.41) is 18.6. The third-order valence-electron chi connectivity index (χ3n) is 3.96. The van der Waals surface area contributed by atoms with E-state index in [9.17, 15) is 9.90 Å². The normalized spacial score (nSPS) is 16.5. The molecular weight excluding hydrogens is 266 g/mol. The second-order valence-corrected chi connectivity index (χ2v) is 5.89. The molecule has 5 heteroatoms. The van der Waals surface area contributed by atoms with Crippen molar-refractivity contribution in [1.82, 2.24) is 9.80 Å². The molecule has 0 saturated carbocycles. The number of piperazine rings is 1. The van der Waals surface area contributed by atoms with Crippen LogP contribution < -0.4 is 0 Å². The number of rotatable bonds is 3. The largest absolute Gasteiger partial charge is 0.508 e. The van der Waals surface area contributed by atoms with Gasteiger partial charge in [0.15, 0.2) is 0 Å². The van der Waals surface area contributed by atoms with Crippen molar-refractivity contribution in [3.05, 3.63) is 29.8 Å². The second-order valence-electron chi connectivity index (χ2n) is 5.89. The van der Waals surface area contributed by atoms with Crippen molar-refractivity contribution in [3.63, 3.8) is 0 Å². The minimum atomic E-state index is -0.486. The van der Waals surface area contributed by atoms with Gasteiger partial charge in [0, 0.05) is 26.2 Å². The minimum Gasteiger partial charge on any atom is -0.508 e. The molecule has 1 heterocycles. The molecular formula is C16H21N3O2. The number of carbonyl (C=O) groups is 1. The van der Waals surface area contributed by atoms with E-state index in [-0.39, 0.29) is 11.7 Å². The van der Waals surface area contributed by atoms with Gasteiger partial charge >= 0.3 is 0 Å². The number of phenolic OH excluding ortho intramolecular Hbond substituents is 1. The van der Waals surface area contributed by atoms with Gasteiger partial charge < -0.3 is 10.0 Å². The summed E-state index contributed by atoms with van der Waals surface area (Å²) in [6.45, 7) is 6.51. The summed E-state index contributed by atoms with van der Waals surface area (Å²) in [5.41, 5.74) is 0.333. The first kappa shape index (κ1) is 15.3. The zero-order valence-electron chi connectivity index (χ0n) is 12.5. The maximum absolute atomic E-state index is 12.3. The van der Waals surface area contributed by atoms with Gasteiger partial charge in [-0.1, -0.05) is 12.1 Å². The summed E-state index contributed by atoms with van der Waals surface area (Å²) in [5.74, 6) is 0.246. The Bertz CT molecular complexity index is 555. The predicted molar refractivity (Wildman–Crippen MR) is 79.7 cm³/mol. The summed E-state index contributed by atoms with van der Waals surface area (Å²) < 4.78 is 0. The van der Waals surface area contributed by atoms with Gasteiger partial charge in [0.05, 0.1) is 12.5 Å². The van der Waals surface area contributed by atoms with Gasteiger partial charge in [-0.05, 0) is 31.5 Å². The summed E-state index contributed by atoms with van der Waals surface area (Å²) in [6.07, 6.45) is 0.302. The van der Waals surface area contributed by atoms with Gasteiger partial charge in [-0.3, -0.25) is 9.69 Å². The van der Waals surface area contributed by atoms with Crippen LogP contribution in [-0.4, -0.2) is 52.5 Å². The van der Waals surface area contributed by atoms with Crippen molar-refractivity contribution in [2.45, 2.75) is 25.8 Å². The Morgan fingerprint density at radius 1 is 1.33 bits per heavy atom. The average Bonchev–Trinajstić information content (AvgIpc) is 2.47. The molecule has 0 aliphatic carbocycles. The molecule has 1 aromatic carbocycles. The lowest BCUT2D eigenvalue weighted by Gasteiger charge is -2.40. The monoisotopic (exact) mass is 287 g/mol. The predicted octanol–water partition coefficient (Wildman–Crippen LogP) is 1.38. The maximum Gasteiger partial charge on any atom is 0.227 e. The Morgan fingerprint density at radius 2 is 2.00 bits per heavy atom. The van der Waals surface area contributed by atoms with Crippen LogP contribution in [0.3, 0.4) is 0 Å². The van der Waals surface area contributed by atoms with Crippen LogP contribution in [0, 0.1) is 11.3 Å². The van der Waals surface area contributed by atoms with Crippen molar-refractivity contribution in [3.8, 4) is 11.8 Å². The molecule has 0 radical (unpaired) electrons. The van der Waals surface area contributed by atoms with E-state index >= 15 is 0 Å². The molecule has 1 aliphatic heterocycles. The topological polar surface area (TPSA) is 67.6 Å². The van der Waals surface area contributed by atoms with Gasteiger partial charge in [-0.25, -0.2) is 0 Å². The number of aromatic hydroxyl groups is 1. The van der Waals surface area contributed by atoms with Crippen molar-refractivity contribution < 1.29 is 9.90 Å². The summed E-state index contributed by atoms with van der Waals surface area (Å²) in [7, 11) is 0. The fraction of sp³-hybridized carbons (Fsp3) is 0.500. The van der Waals surface area contributed by atoms with Crippen LogP contribution in [0.2, 0.25) is 0 Å². The highest BCUT2D eigenvalue weighted by atomic mass is 16.3. The van der Waals surface area contributed by atoms with E-state index in [0.29, 0.717) is 32.6 Å². The van der Waals surface area contributed by atoms with Gasteiger partial charge in [0.2, 0.25) is 5.91 Å². The zero-order chi connectivity index (χ0) is 15.5. The smallest absolute Gasteiger partial charge is 0.227 e. The molecule has 0 bridgehead atoms. The first-order chi connectivity index (χ1) is 9.92. The number of hydrogen-bond acceptors (Lipinski definition) is 4. The molecule has 1 N–H and O–H groups in total. The molecule has 0 atom stereocenters. The number of phenols is 1. The number of nitrogens with zero attached hydrogens (tertiary/aromatic N) is 3. The Morgan fingerprint density at radius 3 is 2.57 bits per heavy atom. The fourth-order valence-electron chi connectivity index (χ4n) is 2.54. The van der Waals surface area contributed by atoms with Gasteiger partial charge in [-0.2, -0.15) is 5.26 Å². The molecule has 0 unspecified atom stereocenters. The average molecular weight is 287 g/mol. The van der Waals surface area contributed by atoms with E-state index < -0.39 is 5.54 Å². The Hall–Kier alpha value is -2.06. The van der Waals surface area contributed by atoms with Crippen LogP contribution in [0.4, 0.5) is 0 Å². The molecule has 1 aliphatic rings. The fourth-order valence-corrected chi connectivity index (χ4v) is 2.54. The molecule has 1 fully saturated rings. The van der Waals surface area contributed by atoms with Crippen LogP contribution in [0.1, 0.15) is 19.4 Å². The highest BCUT2D eigenvalue weighted by Crippen LogP contribution is 2.17. The molecule has 1 aromatic rings. The van der Waals surface area contributed by atoms with Crippen LogP contribution in [0.15, 0.2) is 24.3 Å². The van der Waals surface area contributed by atoms with Crippen molar-refractivity contribution in [1.29, 1.82) is 5.26 Å². The lowest BCUT2D eigenvalue weighted by Crippen LogP contribution is -2.55. The molecule has 0 aromatic heterocycles. The minimum absolute atomic E-state index is 0.0648. The van der Waals surface area contributed by atoms with E-state index in [1.54, 1.807) is 18.2 Å². The van der Waals surface area contributed by atoms with E-state index in [4.69, 9.17) is 5.26 Å². The van der Waals surface area contributed by atoms with Gasteiger partial charge in [-0.15, -0.1) is 0 Å². The van der Waals surface area contributed by atoms with E-state index in [0.717, 1.165) is 5.56 Å². The van der Waals surface area contributed by atoms with Crippen LogP contribution >= 0.6 is 0 Å². The van der Waals surface area contributed by atoms with E-state index in [1.807, 2.05) is 24.8 Å². The first-order valence-electron chi connectivity index (χ1n) is 7.14. The molecule has 5 nitrogen and oxygen atoms in total. The van der Waals surface area contributed by atoms with Crippen molar-refractivity contribution in [2.24, 2.45) is 0 Å². The van der Waals surface area contributed by atoms with Gasteiger partial charge in [0.1, 0.15) is 11.3 Å². The number of carbonyl (C=O) groups excluding carboxylic acids is 1. The zero-order valence-corrected chi connectivity index (χ0v) is 12.5. The molecule has 1 saturated heterocycles. The number of hydrogen-bond donors (Lipinski definition) is 1. The summed E-state index contributed by atoms with van der Waals surface area (Å²) >= 11 is 0. The van der Waals surface area contributed by atoms with Crippen molar-refractivity contribution in [2.75, 3.05) is 26.2 Å². The second kappa shape index (κ2) is 6.15. The van der Waals surface area contributed by atoms with E-state index in [2.05, 4.69) is 11.0 Å². The molecule has 21 heavy (non-hydrogen) atoms. The lowest BCUT2D eigenvalue weighted by molar-refractivity contribution is -0.132. The third kappa shape index (κ3) is 3.73. The standard InChI is InChI=1S/C16H21N3O2/c1-16(2,12-17)19-8-6-18(7-9-19)15(21)11-13-4-3-5-14(20)10-13/h3-5,10,20H,6-9,11H2,1-2H3. The third-order valence-corrected chi connectivity index (χ3v) is 3.96. The summed E-state index contributed by atoms with van der Waals surface area (Å²) in [6, 6.07) is 9.09.